The van der Waals surface area contributed by atoms with E-state index in [2.05, 4.69) is 27.1 Å². The lowest BCUT2D eigenvalue weighted by atomic mass is 10.0. The zero-order valence-electron chi connectivity index (χ0n) is 25.1. The molecular weight excluding hydrogens is 570 g/mol. The minimum absolute atomic E-state index is 0.261. The third-order valence-electron chi connectivity index (χ3n) is 8.32. The second kappa shape index (κ2) is 13.1. The topological polar surface area (TPSA) is 134 Å². The Bertz CT molecular complexity index is 1690. The summed E-state index contributed by atoms with van der Waals surface area (Å²) in [5.41, 5.74) is 9.12. The fraction of sp³-hybridized carbons (Fsp3) is 0.265. The number of aromatic nitrogens is 2. The van der Waals surface area contributed by atoms with Crippen molar-refractivity contribution >= 4 is 29.4 Å². The number of nitrogens with one attached hydrogen (secondary N) is 1. The van der Waals surface area contributed by atoms with Crippen LogP contribution in [0.1, 0.15) is 35.2 Å². The quantitative estimate of drug-likeness (QED) is 0.283. The third kappa shape index (κ3) is 6.78. The fourth-order valence-corrected chi connectivity index (χ4v) is 5.87. The number of urea groups is 1. The molecule has 0 saturated carbocycles. The SMILES string of the molecule is CN(Cc1ccncc1N1CCC(=O)NC1=O)C1CCN(c2ccc(C(N)=O)c(-c3ccc(Oc4ccccc4)cc3)n2)CC1. The highest BCUT2D eigenvalue weighted by Gasteiger charge is 2.28. The molecule has 2 aliphatic rings. The van der Waals surface area contributed by atoms with Gasteiger partial charge in [-0.25, -0.2) is 9.78 Å². The molecule has 0 spiro atoms. The average Bonchev–Trinajstić information content (AvgIpc) is 3.06. The number of anilines is 2. The maximum Gasteiger partial charge on any atom is 0.328 e. The number of piperidine rings is 1. The molecule has 4 aromatic rings. The molecule has 0 bridgehead atoms. The number of amides is 4. The van der Waals surface area contributed by atoms with Crippen molar-refractivity contribution in [1.82, 2.24) is 20.2 Å². The van der Waals surface area contributed by atoms with Crippen LogP contribution in [-0.4, -0.2) is 65.4 Å². The number of nitrogens with two attached hydrogens (primary N) is 1. The Hall–Kier alpha value is -5.29. The number of ether oxygens (including phenoxy) is 1. The van der Waals surface area contributed by atoms with Gasteiger partial charge in [-0.1, -0.05) is 18.2 Å². The number of pyridine rings is 2. The molecule has 2 fully saturated rings. The first kappa shape index (κ1) is 29.8. The molecule has 2 aromatic carbocycles. The molecule has 0 atom stereocenters. The number of benzene rings is 2. The van der Waals surface area contributed by atoms with Crippen molar-refractivity contribution in [1.29, 1.82) is 0 Å². The lowest BCUT2D eigenvalue weighted by Gasteiger charge is -2.38. The zero-order chi connectivity index (χ0) is 31.3. The molecule has 6 rings (SSSR count). The van der Waals surface area contributed by atoms with E-state index in [4.69, 9.17) is 15.5 Å². The standard InChI is InChI=1S/C34H35N7O4/c1-39(22-24-13-17-36-21-29(24)41-20-16-31(42)38-34(41)44)25-14-18-40(19-15-25)30-12-11-28(33(35)43)32(37-30)23-7-9-27(10-8-23)45-26-5-3-2-4-6-26/h2-13,17,21,25H,14-16,18-20,22H2,1H3,(H2,35,43)(H,38,42,44). The number of nitrogens with zero attached hydrogens (tertiary/aromatic N) is 5. The van der Waals surface area contributed by atoms with Gasteiger partial charge in [0.2, 0.25) is 5.91 Å². The van der Waals surface area contributed by atoms with E-state index in [-0.39, 0.29) is 12.3 Å². The molecule has 0 aliphatic carbocycles. The number of imide groups is 1. The maximum atomic E-state index is 12.5. The van der Waals surface area contributed by atoms with Gasteiger partial charge in [0.05, 0.1) is 23.1 Å². The van der Waals surface area contributed by atoms with Crippen LogP contribution in [0.25, 0.3) is 11.3 Å². The van der Waals surface area contributed by atoms with Crippen molar-refractivity contribution in [3.05, 3.63) is 96.3 Å². The Morgan fingerprint density at radius 1 is 0.978 bits per heavy atom. The van der Waals surface area contributed by atoms with Crippen molar-refractivity contribution in [2.45, 2.75) is 31.8 Å². The van der Waals surface area contributed by atoms with Crippen LogP contribution >= 0.6 is 0 Å². The van der Waals surface area contributed by atoms with Crippen LogP contribution in [0.2, 0.25) is 0 Å². The van der Waals surface area contributed by atoms with Crippen LogP contribution < -0.4 is 25.6 Å². The number of carbonyl (C=O) groups excluding carboxylic acids is 3. The predicted molar refractivity (Wildman–Crippen MR) is 171 cm³/mol. The summed E-state index contributed by atoms with van der Waals surface area (Å²) in [7, 11) is 2.09. The summed E-state index contributed by atoms with van der Waals surface area (Å²) in [6, 6.07) is 22.5. The maximum absolute atomic E-state index is 12.5. The van der Waals surface area contributed by atoms with E-state index in [0.29, 0.717) is 36.1 Å². The molecule has 3 N–H and O–H groups in total. The summed E-state index contributed by atoms with van der Waals surface area (Å²) in [6.07, 6.45) is 5.50. The van der Waals surface area contributed by atoms with Gasteiger partial charge >= 0.3 is 6.03 Å². The van der Waals surface area contributed by atoms with Crippen LogP contribution in [-0.2, 0) is 11.3 Å². The molecule has 4 amide bonds. The van der Waals surface area contributed by atoms with Crippen LogP contribution in [0.4, 0.5) is 16.3 Å². The van der Waals surface area contributed by atoms with Gasteiger partial charge < -0.3 is 15.4 Å². The van der Waals surface area contributed by atoms with Crippen molar-refractivity contribution in [3.8, 4) is 22.8 Å². The number of rotatable bonds is 9. The van der Waals surface area contributed by atoms with Crippen molar-refractivity contribution < 1.29 is 19.1 Å². The van der Waals surface area contributed by atoms with Gasteiger partial charge in [0.1, 0.15) is 17.3 Å². The van der Waals surface area contributed by atoms with E-state index in [1.54, 1.807) is 23.4 Å². The summed E-state index contributed by atoms with van der Waals surface area (Å²) < 4.78 is 5.92. The van der Waals surface area contributed by atoms with E-state index < -0.39 is 11.9 Å². The van der Waals surface area contributed by atoms with Gasteiger partial charge in [-0.3, -0.25) is 29.7 Å². The number of primary amides is 1. The number of carbonyl (C=O) groups is 3. The Morgan fingerprint density at radius 3 is 2.42 bits per heavy atom. The molecule has 2 aromatic heterocycles. The summed E-state index contributed by atoms with van der Waals surface area (Å²) in [6.45, 7) is 2.56. The Balaban J connectivity index is 1.12. The molecular formula is C34H35N7O4. The smallest absolute Gasteiger partial charge is 0.328 e. The summed E-state index contributed by atoms with van der Waals surface area (Å²) in [4.78, 5) is 51.7. The minimum atomic E-state index is -0.530. The molecule has 0 unspecified atom stereocenters. The molecule has 45 heavy (non-hydrogen) atoms. The van der Waals surface area contributed by atoms with Gasteiger partial charge in [-0.2, -0.15) is 0 Å². The van der Waals surface area contributed by atoms with Crippen molar-refractivity contribution in [3.63, 3.8) is 0 Å². The normalized spacial score (nSPS) is 15.7. The van der Waals surface area contributed by atoms with E-state index in [0.717, 1.165) is 54.3 Å². The summed E-state index contributed by atoms with van der Waals surface area (Å²) in [5.74, 6) is 1.43. The third-order valence-corrected chi connectivity index (χ3v) is 8.32. The van der Waals surface area contributed by atoms with E-state index in [1.807, 2.05) is 66.7 Å². The monoisotopic (exact) mass is 605 g/mol. The Morgan fingerprint density at radius 2 is 1.71 bits per heavy atom. The highest BCUT2D eigenvalue weighted by atomic mass is 16.5. The highest BCUT2D eigenvalue weighted by Crippen LogP contribution is 2.30. The Labute approximate surface area is 261 Å². The van der Waals surface area contributed by atoms with Gasteiger partial charge in [-0.05, 0) is 80.1 Å². The fourth-order valence-electron chi connectivity index (χ4n) is 5.87. The molecule has 2 saturated heterocycles. The van der Waals surface area contributed by atoms with Crippen LogP contribution in [0, 0.1) is 0 Å². The van der Waals surface area contributed by atoms with E-state index in [1.165, 1.54) is 0 Å². The summed E-state index contributed by atoms with van der Waals surface area (Å²) >= 11 is 0. The van der Waals surface area contributed by atoms with Crippen molar-refractivity contribution in [2.75, 3.05) is 36.5 Å². The average molecular weight is 606 g/mol. The second-order valence-electron chi connectivity index (χ2n) is 11.3. The van der Waals surface area contributed by atoms with Crippen LogP contribution in [0.3, 0.4) is 0 Å². The lowest BCUT2D eigenvalue weighted by molar-refractivity contribution is -0.120. The summed E-state index contributed by atoms with van der Waals surface area (Å²) in [5, 5.41) is 2.39. The number of hydrogen-bond acceptors (Lipinski definition) is 8. The van der Waals surface area contributed by atoms with Gasteiger partial charge in [0.15, 0.2) is 0 Å². The largest absolute Gasteiger partial charge is 0.457 e. The van der Waals surface area contributed by atoms with Crippen LogP contribution in [0.5, 0.6) is 11.5 Å². The van der Waals surface area contributed by atoms with Crippen molar-refractivity contribution in [2.24, 2.45) is 5.73 Å². The van der Waals surface area contributed by atoms with E-state index in [9.17, 15) is 14.4 Å². The predicted octanol–water partition coefficient (Wildman–Crippen LogP) is 4.58. The first-order valence-corrected chi connectivity index (χ1v) is 15.0. The second-order valence-corrected chi connectivity index (χ2v) is 11.3. The van der Waals surface area contributed by atoms with Gasteiger partial charge in [-0.15, -0.1) is 0 Å². The van der Waals surface area contributed by atoms with E-state index >= 15 is 0 Å². The number of para-hydroxylation sites is 1. The van der Waals surface area contributed by atoms with Gasteiger partial charge in [0, 0.05) is 50.4 Å². The molecule has 11 heteroatoms. The zero-order valence-corrected chi connectivity index (χ0v) is 25.1. The number of hydrogen-bond donors (Lipinski definition) is 2. The van der Waals surface area contributed by atoms with Gasteiger partial charge in [0.25, 0.3) is 5.91 Å². The lowest BCUT2D eigenvalue weighted by Crippen LogP contribution is -2.50. The Kier molecular flexibility index (Phi) is 8.70. The molecule has 2 aliphatic heterocycles. The molecule has 11 nitrogen and oxygen atoms in total. The minimum Gasteiger partial charge on any atom is -0.457 e. The first-order chi connectivity index (χ1) is 21.9. The highest BCUT2D eigenvalue weighted by molar-refractivity contribution is 6.05. The first-order valence-electron chi connectivity index (χ1n) is 15.0. The molecule has 0 radical (unpaired) electrons. The molecule has 230 valence electrons. The van der Waals surface area contributed by atoms with Crippen LogP contribution in [0.15, 0.2) is 85.2 Å². The molecule has 4 heterocycles.